The molecule has 0 saturated carbocycles. The lowest BCUT2D eigenvalue weighted by atomic mass is 10.2. The van der Waals surface area contributed by atoms with E-state index in [1.165, 1.54) is 0 Å². The van der Waals surface area contributed by atoms with Crippen molar-refractivity contribution in [3.05, 3.63) is 66.2 Å². The number of nitrogens with two attached hydrogens (primary N) is 2. The second-order valence-electron chi connectivity index (χ2n) is 5.22. The van der Waals surface area contributed by atoms with Gasteiger partial charge in [0.15, 0.2) is 0 Å². The molecule has 7 heteroatoms. The van der Waals surface area contributed by atoms with Gasteiger partial charge in [-0.2, -0.15) is 0 Å². The minimum atomic E-state index is -3.56. The van der Waals surface area contributed by atoms with Crippen LogP contribution in [0.5, 0.6) is 5.75 Å². The Morgan fingerprint density at radius 1 is 1.04 bits per heavy atom. The first-order valence-corrected chi connectivity index (χ1v) is 9.08. The third-order valence-corrected chi connectivity index (χ3v) is 4.04. The Morgan fingerprint density at radius 2 is 1.61 bits per heavy atom. The fraction of sp³-hybridized carbons (Fsp3) is 0.250. The zero-order valence-electron chi connectivity index (χ0n) is 13.0. The largest absolute Gasteiger partial charge is 0.397 e. The van der Waals surface area contributed by atoms with Crippen LogP contribution in [0.25, 0.3) is 0 Å². The number of hydrogen-bond acceptors (Lipinski definition) is 3. The first kappa shape index (κ1) is 17.7. The fourth-order valence-electron chi connectivity index (χ4n) is 1.92. The molecule has 23 heavy (non-hydrogen) atoms. The lowest BCUT2D eigenvalue weighted by molar-refractivity contribution is -0.0338. The maximum absolute atomic E-state index is 12.0. The van der Waals surface area contributed by atoms with Gasteiger partial charge >= 0.3 is 7.59 Å². The molecule has 1 atom stereocenters. The van der Waals surface area contributed by atoms with E-state index in [4.69, 9.17) is 20.6 Å². The van der Waals surface area contributed by atoms with E-state index in [9.17, 15) is 4.57 Å². The van der Waals surface area contributed by atoms with Gasteiger partial charge < -0.3 is 9.57 Å². The molecule has 0 unspecified atom stereocenters. The molecule has 0 spiro atoms. The molecule has 124 valence electrons. The number of para-hydroxylation sites is 1. The van der Waals surface area contributed by atoms with Gasteiger partial charge in [0.1, 0.15) is 5.75 Å². The minimum Gasteiger partial charge on any atom is -0.397 e. The van der Waals surface area contributed by atoms with Crippen molar-refractivity contribution in [1.82, 2.24) is 4.83 Å². The molecule has 0 aliphatic heterocycles. The number of ether oxygens (including phenoxy) is 1. The van der Waals surface area contributed by atoms with E-state index in [0.29, 0.717) is 12.4 Å². The van der Waals surface area contributed by atoms with Crippen LogP contribution in [0.4, 0.5) is 0 Å². The monoisotopic (exact) mass is 335 g/mol. The third kappa shape index (κ3) is 6.14. The highest BCUT2D eigenvalue weighted by Gasteiger charge is 2.26. The Morgan fingerprint density at radius 3 is 2.17 bits per heavy atom. The normalized spacial score (nSPS) is 13.0. The van der Waals surface area contributed by atoms with Crippen LogP contribution in [-0.2, 0) is 15.9 Å². The molecule has 0 radical (unpaired) electrons. The second kappa shape index (κ2) is 8.24. The molecule has 0 saturated heterocycles. The van der Waals surface area contributed by atoms with Gasteiger partial charge in [-0.1, -0.05) is 53.4 Å². The summed E-state index contributed by atoms with van der Waals surface area (Å²) < 4.78 is 17.8. The minimum absolute atomic E-state index is 0.187. The van der Waals surface area contributed by atoms with E-state index in [2.05, 4.69) is 0 Å². The topological polar surface area (TPSA) is 90.8 Å². The lowest BCUT2D eigenvalue weighted by Crippen LogP contribution is -2.37. The number of rotatable bonds is 8. The van der Waals surface area contributed by atoms with Gasteiger partial charge in [-0.3, -0.25) is 15.6 Å². The summed E-state index contributed by atoms with van der Waals surface area (Å²) in [6, 6.07) is 18.7. The molecule has 0 fully saturated rings. The maximum atomic E-state index is 12.0. The van der Waals surface area contributed by atoms with E-state index in [0.717, 1.165) is 10.4 Å². The molecular weight excluding hydrogens is 313 g/mol. The van der Waals surface area contributed by atoms with Crippen molar-refractivity contribution in [3.8, 4) is 5.75 Å². The Labute approximate surface area is 136 Å². The van der Waals surface area contributed by atoms with E-state index in [1.54, 1.807) is 24.3 Å². The van der Waals surface area contributed by atoms with Crippen LogP contribution in [-0.4, -0.2) is 17.5 Å². The molecule has 2 aromatic carbocycles. The van der Waals surface area contributed by atoms with Gasteiger partial charge in [-0.05, 0) is 24.6 Å². The van der Waals surface area contributed by atoms with Crippen LogP contribution in [0, 0.1) is 0 Å². The number of benzene rings is 2. The summed E-state index contributed by atoms with van der Waals surface area (Å²) in [6.07, 6.45) is -0.264. The molecule has 6 nitrogen and oxygen atoms in total. The fourth-order valence-corrected chi connectivity index (χ4v) is 2.62. The molecule has 0 aliphatic carbocycles. The van der Waals surface area contributed by atoms with Gasteiger partial charge in [-0.15, -0.1) is 0 Å². The van der Waals surface area contributed by atoms with Crippen molar-refractivity contribution in [3.63, 3.8) is 0 Å². The summed E-state index contributed by atoms with van der Waals surface area (Å²) in [5.41, 5.74) is 12.2. The molecule has 0 amide bonds. The first-order valence-electron chi connectivity index (χ1n) is 7.29. The predicted octanol–water partition coefficient (Wildman–Crippen LogP) is 2.91. The predicted molar refractivity (Wildman–Crippen MR) is 90.5 cm³/mol. The second-order valence-corrected chi connectivity index (χ2v) is 7.01. The average Bonchev–Trinajstić information content (AvgIpc) is 2.53. The van der Waals surface area contributed by atoms with E-state index in [-0.39, 0.29) is 12.6 Å². The summed E-state index contributed by atoms with van der Waals surface area (Å²) in [5.74, 6) is 0.513. The summed E-state index contributed by atoms with van der Waals surface area (Å²) in [7, 11) is -3.56. The third-order valence-electron chi connectivity index (χ3n) is 3.09. The smallest absolute Gasteiger partial charge is 0.308 e. The van der Waals surface area contributed by atoms with E-state index < -0.39 is 7.59 Å². The molecular formula is C16H22N3O3P. The maximum Gasteiger partial charge on any atom is 0.308 e. The lowest BCUT2D eigenvalue weighted by Gasteiger charge is -2.27. The Balaban J connectivity index is 1.93. The number of hydroxylamine groups is 1. The van der Waals surface area contributed by atoms with Gasteiger partial charge in [0.05, 0.1) is 19.3 Å². The quantitative estimate of drug-likeness (QED) is 0.569. The van der Waals surface area contributed by atoms with Crippen LogP contribution in [0.2, 0.25) is 0 Å². The Kier molecular flexibility index (Phi) is 6.33. The summed E-state index contributed by atoms with van der Waals surface area (Å²) in [4.78, 5) is 6.64. The van der Waals surface area contributed by atoms with Gasteiger partial charge in [-0.25, -0.2) is 0 Å². The summed E-state index contributed by atoms with van der Waals surface area (Å²) >= 11 is 0. The zero-order valence-corrected chi connectivity index (χ0v) is 13.9. The Hall–Kier alpha value is -1.69. The summed E-state index contributed by atoms with van der Waals surface area (Å²) in [6.45, 7) is 2.48. The van der Waals surface area contributed by atoms with E-state index in [1.807, 2.05) is 43.3 Å². The van der Waals surface area contributed by atoms with Crippen LogP contribution in [0.3, 0.4) is 0 Å². The van der Waals surface area contributed by atoms with Crippen LogP contribution >= 0.6 is 7.59 Å². The molecule has 2 rings (SSSR count). The molecule has 2 aromatic rings. The zero-order chi connectivity index (χ0) is 16.7. The van der Waals surface area contributed by atoms with E-state index >= 15 is 0 Å². The molecule has 0 aromatic heterocycles. The molecule has 0 bridgehead atoms. The van der Waals surface area contributed by atoms with Crippen LogP contribution < -0.4 is 15.8 Å². The van der Waals surface area contributed by atoms with Crippen molar-refractivity contribution in [2.24, 2.45) is 11.0 Å². The molecule has 4 N–H and O–H groups in total. The standard InChI is InChI=1S/C16H22N3O3P/c1-14(21-13-15-8-4-2-5-9-15)12-19(23(17,18)20)22-16-10-6-3-7-11-16/h2-11,14H,12-13H2,1H3,(H4,17,18,20)/t14-/m0/s1. The average molecular weight is 335 g/mol. The number of nitrogens with zero attached hydrogens (tertiary/aromatic N) is 1. The van der Waals surface area contributed by atoms with Crippen molar-refractivity contribution in [2.45, 2.75) is 19.6 Å². The van der Waals surface area contributed by atoms with Crippen molar-refractivity contribution < 1.29 is 14.1 Å². The van der Waals surface area contributed by atoms with Crippen LogP contribution in [0.1, 0.15) is 12.5 Å². The van der Waals surface area contributed by atoms with Gasteiger partial charge in [0.2, 0.25) is 0 Å². The molecule has 0 heterocycles. The number of hydrogen-bond donors (Lipinski definition) is 2. The first-order chi connectivity index (χ1) is 10.9. The Bertz CT molecular complexity index is 634. The highest BCUT2D eigenvalue weighted by atomic mass is 31.2. The van der Waals surface area contributed by atoms with Crippen molar-refractivity contribution in [1.29, 1.82) is 0 Å². The highest BCUT2D eigenvalue weighted by molar-refractivity contribution is 7.56. The SMILES string of the molecule is C[C@@H](CN(Oc1ccccc1)P(N)(N)=O)OCc1ccccc1. The van der Waals surface area contributed by atoms with Crippen molar-refractivity contribution >= 4 is 7.59 Å². The van der Waals surface area contributed by atoms with Crippen LogP contribution in [0.15, 0.2) is 60.7 Å². The van der Waals surface area contributed by atoms with Gasteiger partial charge in [0, 0.05) is 0 Å². The molecule has 0 aliphatic rings. The highest BCUT2D eigenvalue weighted by Crippen LogP contribution is 2.33. The summed E-state index contributed by atoms with van der Waals surface area (Å²) in [5, 5.41) is 0. The van der Waals surface area contributed by atoms with Crippen molar-refractivity contribution in [2.75, 3.05) is 6.54 Å². The van der Waals surface area contributed by atoms with Gasteiger partial charge in [0.25, 0.3) is 0 Å².